The summed E-state index contributed by atoms with van der Waals surface area (Å²) in [4.78, 5) is 26.7. The molecular weight excluding hydrogens is 374 g/mol. The number of amides is 1. The number of nitrogens with zero attached hydrogens (tertiary/aromatic N) is 1. The third kappa shape index (κ3) is 3.82. The molecule has 1 fully saturated rings. The standard InChI is InChI=1S/C22H21NO6/c1-14-18(29-22(25)23-9-11-27-12-10-23)8-7-17-20(24)19(28-21(14)17)13-15-3-5-16(26-2)6-4-15/h3-8,13H,9-12H2,1-2H3. The van der Waals surface area contributed by atoms with E-state index in [1.54, 1.807) is 37.1 Å². The summed E-state index contributed by atoms with van der Waals surface area (Å²) in [7, 11) is 1.60. The largest absolute Gasteiger partial charge is 0.497 e. The first-order valence-electron chi connectivity index (χ1n) is 9.33. The summed E-state index contributed by atoms with van der Waals surface area (Å²) in [6, 6.07) is 10.6. The fourth-order valence-corrected chi connectivity index (χ4v) is 3.23. The van der Waals surface area contributed by atoms with Gasteiger partial charge in [-0.15, -0.1) is 0 Å². The number of ketones is 1. The zero-order valence-electron chi connectivity index (χ0n) is 16.3. The number of carbonyl (C=O) groups is 2. The Kier molecular flexibility index (Phi) is 5.22. The third-order valence-electron chi connectivity index (χ3n) is 4.92. The number of hydrogen-bond acceptors (Lipinski definition) is 6. The molecule has 150 valence electrons. The number of rotatable bonds is 3. The van der Waals surface area contributed by atoms with E-state index < -0.39 is 6.09 Å². The second kappa shape index (κ2) is 7.97. The molecule has 0 aromatic heterocycles. The minimum atomic E-state index is -0.435. The van der Waals surface area contributed by atoms with Crippen LogP contribution in [-0.4, -0.2) is 50.2 Å². The van der Waals surface area contributed by atoms with E-state index in [0.717, 1.165) is 11.3 Å². The van der Waals surface area contributed by atoms with Gasteiger partial charge in [0, 0.05) is 18.7 Å². The number of hydrogen-bond donors (Lipinski definition) is 0. The maximum atomic E-state index is 12.7. The summed E-state index contributed by atoms with van der Waals surface area (Å²) in [5.74, 6) is 1.55. The number of Topliss-reactive ketones (excluding diaryl/α,β-unsaturated/α-hetero) is 1. The van der Waals surface area contributed by atoms with Crippen molar-refractivity contribution in [2.24, 2.45) is 0 Å². The van der Waals surface area contributed by atoms with Gasteiger partial charge in [-0.2, -0.15) is 0 Å². The molecule has 7 nitrogen and oxygen atoms in total. The van der Waals surface area contributed by atoms with Crippen molar-refractivity contribution >= 4 is 18.0 Å². The topological polar surface area (TPSA) is 74.3 Å². The van der Waals surface area contributed by atoms with Gasteiger partial charge in [0.25, 0.3) is 0 Å². The number of methoxy groups -OCH3 is 1. The minimum Gasteiger partial charge on any atom is -0.497 e. The molecule has 1 saturated heterocycles. The molecule has 0 saturated carbocycles. The van der Waals surface area contributed by atoms with Crippen LogP contribution < -0.4 is 14.2 Å². The van der Waals surface area contributed by atoms with Gasteiger partial charge in [-0.1, -0.05) is 12.1 Å². The number of benzene rings is 2. The van der Waals surface area contributed by atoms with Gasteiger partial charge in [-0.25, -0.2) is 4.79 Å². The van der Waals surface area contributed by atoms with E-state index in [9.17, 15) is 9.59 Å². The first-order valence-corrected chi connectivity index (χ1v) is 9.33. The summed E-state index contributed by atoms with van der Waals surface area (Å²) in [5, 5.41) is 0. The number of ether oxygens (including phenoxy) is 4. The van der Waals surface area contributed by atoms with Crippen molar-refractivity contribution in [2.45, 2.75) is 6.92 Å². The summed E-state index contributed by atoms with van der Waals surface area (Å²) in [5.41, 5.74) is 1.88. The average Bonchev–Trinajstić information content (AvgIpc) is 3.07. The molecule has 2 aliphatic rings. The van der Waals surface area contributed by atoms with E-state index >= 15 is 0 Å². The molecule has 0 radical (unpaired) electrons. The van der Waals surface area contributed by atoms with E-state index in [4.69, 9.17) is 18.9 Å². The highest BCUT2D eigenvalue weighted by atomic mass is 16.6. The van der Waals surface area contributed by atoms with Crippen LogP contribution in [0.1, 0.15) is 21.5 Å². The number of morpholine rings is 1. The summed E-state index contributed by atoms with van der Waals surface area (Å²) < 4.78 is 21.8. The molecule has 1 amide bonds. The number of fused-ring (bicyclic) bond motifs is 1. The fourth-order valence-electron chi connectivity index (χ4n) is 3.23. The molecule has 0 N–H and O–H groups in total. The van der Waals surface area contributed by atoms with Crippen LogP contribution in [0.15, 0.2) is 42.2 Å². The molecule has 29 heavy (non-hydrogen) atoms. The SMILES string of the molecule is COc1ccc(C=C2Oc3c(ccc(OC(=O)N4CCOCC4)c3C)C2=O)cc1. The van der Waals surface area contributed by atoms with Crippen LogP contribution in [0.2, 0.25) is 0 Å². The van der Waals surface area contributed by atoms with Crippen LogP contribution in [0.25, 0.3) is 6.08 Å². The second-order valence-electron chi connectivity index (χ2n) is 6.75. The maximum Gasteiger partial charge on any atom is 0.415 e. The van der Waals surface area contributed by atoms with Crippen LogP contribution in [0.5, 0.6) is 17.2 Å². The van der Waals surface area contributed by atoms with Gasteiger partial charge in [0.2, 0.25) is 5.78 Å². The lowest BCUT2D eigenvalue weighted by molar-refractivity contribution is 0.0415. The van der Waals surface area contributed by atoms with Crippen LogP contribution in [0.4, 0.5) is 4.79 Å². The highest BCUT2D eigenvalue weighted by molar-refractivity contribution is 6.15. The normalized spacial score (nSPS) is 17.1. The molecule has 2 aromatic rings. The van der Waals surface area contributed by atoms with Crippen molar-refractivity contribution in [3.63, 3.8) is 0 Å². The predicted octanol–water partition coefficient (Wildman–Crippen LogP) is 3.45. The van der Waals surface area contributed by atoms with Crippen molar-refractivity contribution in [1.82, 2.24) is 4.90 Å². The van der Waals surface area contributed by atoms with Gasteiger partial charge in [0.1, 0.15) is 17.2 Å². The molecule has 0 spiro atoms. The van der Waals surface area contributed by atoms with E-state index in [1.807, 2.05) is 24.3 Å². The zero-order chi connectivity index (χ0) is 20.4. The van der Waals surface area contributed by atoms with Crippen LogP contribution in [-0.2, 0) is 4.74 Å². The van der Waals surface area contributed by atoms with Crippen LogP contribution in [0, 0.1) is 6.92 Å². The van der Waals surface area contributed by atoms with Gasteiger partial charge in [0.05, 0.1) is 25.9 Å². The molecular formula is C22H21NO6. The quantitative estimate of drug-likeness (QED) is 0.741. The fraction of sp³-hybridized carbons (Fsp3) is 0.273. The Morgan fingerprint density at radius 2 is 1.83 bits per heavy atom. The average molecular weight is 395 g/mol. The summed E-state index contributed by atoms with van der Waals surface area (Å²) in [6.45, 7) is 3.74. The Balaban J connectivity index is 1.54. The first kappa shape index (κ1) is 19.0. The highest BCUT2D eigenvalue weighted by Gasteiger charge is 2.31. The predicted molar refractivity (Wildman–Crippen MR) is 106 cm³/mol. The molecule has 0 atom stereocenters. The second-order valence-corrected chi connectivity index (χ2v) is 6.75. The van der Waals surface area contributed by atoms with Crippen LogP contribution >= 0.6 is 0 Å². The van der Waals surface area contributed by atoms with Crippen molar-refractivity contribution < 1.29 is 28.5 Å². The van der Waals surface area contributed by atoms with Gasteiger partial charge >= 0.3 is 6.09 Å². The molecule has 4 rings (SSSR count). The van der Waals surface area contributed by atoms with Gasteiger partial charge in [0.15, 0.2) is 5.76 Å². The number of allylic oxidation sites excluding steroid dienone is 1. The maximum absolute atomic E-state index is 12.7. The highest BCUT2D eigenvalue weighted by Crippen LogP contribution is 2.39. The van der Waals surface area contributed by atoms with Crippen LogP contribution in [0.3, 0.4) is 0 Å². The first-order chi connectivity index (χ1) is 14.1. The smallest absolute Gasteiger partial charge is 0.415 e. The number of carbonyl (C=O) groups excluding carboxylic acids is 2. The van der Waals surface area contributed by atoms with Crippen molar-refractivity contribution in [3.05, 3.63) is 58.8 Å². The summed E-state index contributed by atoms with van der Waals surface area (Å²) >= 11 is 0. The Labute approximate surface area is 168 Å². The minimum absolute atomic E-state index is 0.204. The Morgan fingerprint density at radius 1 is 1.10 bits per heavy atom. The van der Waals surface area contributed by atoms with Gasteiger partial charge in [-0.3, -0.25) is 4.79 Å². The summed E-state index contributed by atoms with van der Waals surface area (Å²) in [6.07, 6.45) is 1.25. The molecule has 2 aromatic carbocycles. The molecule has 2 aliphatic heterocycles. The molecule has 0 bridgehead atoms. The molecule has 7 heteroatoms. The zero-order valence-corrected chi connectivity index (χ0v) is 16.3. The Bertz CT molecular complexity index is 974. The lowest BCUT2D eigenvalue weighted by Gasteiger charge is -2.26. The van der Waals surface area contributed by atoms with E-state index in [0.29, 0.717) is 48.9 Å². The van der Waals surface area contributed by atoms with Gasteiger partial charge in [-0.05, 0) is 42.8 Å². The molecule has 2 heterocycles. The van der Waals surface area contributed by atoms with Crippen molar-refractivity contribution in [2.75, 3.05) is 33.4 Å². The monoisotopic (exact) mass is 395 g/mol. The van der Waals surface area contributed by atoms with Gasteiger partial charge < -0.3 is 23.8 Å². The van der Waals surface area contributed by atoms with Crippen molar-refractivity contribution in [1.29, 1.82) is 0 Å². The molecule has 0 aliphatic carbocycles. The molecule has 0 unspecified atom stereocenters. The van der Waals surface area contributed by atoms with Crippen molar-refractivity contribution in [3.8, 4) is 17.2 Å². The van der Waals surface area contributed by atoms with E-state index in [-0.39, 0.29) is 11.5 Å². The third-order valence-corrected chi connectivity index (χ3v) is 4.92. The lowest BCUT2D eigenvalue weighted by atomic mass is 10.1. The lowest BCUT2D eigenvalue weighted by Crippen LogP contribution is -2.42. The van der Waals surface area contributed by atoms with E-state index in [1.165, 1.54) is 0 Å². The Morgan fingerprint density at radius 3 is 2.52 bits per heavy atom. The van der Waals surface area contributed by atoms with E-state index in [2.05, 4.69) is 0 Å². The Hall–Kier alpha value is -3.32.